The summed E-state index contributed by atoms with van der Waals surface area (Å²) in [6, 6.07) is 16.7. The molecule has 47 heavy (non-hydrogen) atoms. The summed E-state index contributed by atoms with van der Waals surface area (Å²) in [5.41, 5.74) is -1.30. The number of rotatable bonds is 8. The molecule has 248 valence electrons. The van der Waals surface area contributed by atoms with Crippen LogP contribution in [-0.4, -0.2) is 33.4 Å². The van der Waals surface area contributed by atoms with E-state index in [4.69, 9.17) is 19.5 Å². The number of phenolic OH excluding ortho intramolecular Hbond substituents is 1. The first-order valence-corrected chi connectivity index (χ1v) is 15.3. The molecule has 4 rings (SSSR count). The molecule has 1 N–H and O–H groups in total. The summed E-state index contributed by atoms with van der Waals surface area (Å²) in [4.78, 5) is 36.5. The maximum Gasteiger partial charge on any atom is 0.431 e. The molecule has 15 heteroatoms. The van der Waals surface area contributed by atoms with E-state index in [1.54, 1.807) is 19.1 Å². The molecular weight excluding hydrogens is 755 g/mol. The predicted molar refractivity (Wildman–Crippen MR) is 173 cm³/mol. The smallest absolute Gasteiger partial charge is 0.431 e. The van der Waals surface area contributed by atoms with Crippen molar-refractivity contribution in [1.82, 2.24) is 9.13 Å². The van der Waals surface area contributed by atoms with Gasteiger partial charge in [-0.25, -0.2) is 14.2 Å². The van der Waals surface area contributed by atoms with E-state index in [1.807, 2.05) is 31.2 Å². The van der Waals surface area contributed by atoms with Gasteiger partial charge in [0.25, 0.3) is 5.56 Å². The number of methoxy groups -OCH3 is 1. The van der Waals surface area contributed by atoms with Crippen molar-refractivity contribution in [2.24, 2.45) is 7.05 Å². The van der Waals surface area contributed by atoms with Crippen molar-refractivity contribution in [2.45, 2.75) is 39.2 Å². The van der Waals surface area contributed by atoms with Gasteiger partial charge in [-0.3, -0.25) is 9.36 Å². The summed E-state index contributed by atoms with van der Waals surface area (Å²) in [6.45, 7) is 3.63. The molecule has 0 aliphatic rings. The molecular formula is C32H28Br2F3N3O7. The highest BCUT2D eigenvalue weighted by atomic mass is 79.9. The van der Waals surface area contributed by atoms with Crippen molar-refractivity contribution in [3.8, 4) is 29.0 Å². The Balaban J connectivity index is 0.000000461. The molecule has 1 atom stereocenters. The van der Waals surface area contributed by atoms with Gasteiger partial charge < -0.3 is 19.3 Å². The first-order chi connectivity index (χ1) is 22.1. The topological polar surface area (TPSA) is 133 Å². The molecule has 0 amide bonds. The summed E-state index contributed by atoms with van der Waals surface area (Å²) in [6.07, 6.45) is -4.91. The number of esters is 1. The predicted octanol–water partition coefficient (Wildman–Crippen LogP) is 6.43. The third-order valence-corrected chi connectivity index (χ3v) is 7.83. The zero-order valence-corrected chi connectivity index (χ0v) is 28.6. The van der Waals surface area contributed by atoms with Gasteiger partial charge in [-0.1, -0.05) is 19.1 Å². The zero-order valence-electron chi connectivity index (χ0n) is 25.4. The normalized spacial score (nSPS) is 11.5. The Labute approximate surface area is 283 Å². The van der Waals surface area contributed by atoms with Gasteiger partial charge in [-0.15, -0.1) is 0 Å². The maximum absolute atomic E-state index is 13.1. The van der Waals surface area contributed by atoms with Crippen LogP contribution in [0.25, 0.3) is 5.69 Å². The Morgan fingerprint density at radius 2 is 1.66 bits per heavy atom. The number of nitrogens with zero attached hydrogens (tertiary/aromatic N) is 3. The third-order valence-electron chi connectivity index (χ3n) is 6.62. The van der Waals surface area contributed by atoms with E-state index in [-0.39, 0.29) is 18.0 Å². The van der Waals surface area contributed by atoms with Crippen molar-refractivity contribution in [3.63, 3.8) is 0 Å². The highest BCUT2D eigenvalue weighted by Crippen LogP contribution is 2.33. The summed E-state index contributed by atoms with van der Waals surface area (Å²) < 4.78 is 57.5. The first-order valence-electron chi connectivity index (χ1n) is 13.7. The van der Waals surface area contributed by atoms with E-state index < -0.39 is 35.2 Å². The van der Waals surface area contributed by atoms with Gasteiger partial charge in [0.1, 0.15) is 29.5 Å². The Kier molecular flexibility index (Phi) is 12.4. The number of carbonyl (C=O) groups is 1. The van der Waals surface area contributed by atoms with Crippen LogP contribution in [0.15, 0.2) is 79.2 Å². The van der Waals surface area contributed by atoms with E-state index in [0.717, 1.165) is 19.0 Å². The summed E-state index contributed by atoms with van der Waals surface area (Å²) in [5, 5.41) is 17.7. The lowest BCUT2D eigenvalue weighted by Crippen LogP contribution is -2.40. The quantitative estimate of drug-likeness (QED) is 0.203. The minimum atomic E-state index is -4.84. The number of benzene rings is 3. The van der Waals surface area contributed by atoms with Crippen LogP contribution < -0.4 is 20.7 Å². The van der Waals surface area contributed by atoms with Crippen LogP contribution in [0.3, 0.4) is 0 Å². The average molecular weight is 783 g/mol. The van der Waals surface area contributed by atoms with Gasteiger partial charge in [0.2, 0.25) is 0 Å². The zero-order chi connectivity index (χ0) is 35.1. The number of nitriles is 1. The molecule has 0 fully saturated rings. The number of ether oxygens (including phenoxy) is 3. The first kappa shape index (κ1) is 36.9. The monoisotopic (exact) mass is 781 g/mol. The molecule has 0 aliphatic carbocycles. The molecule has 0 bridgehead atoms. The summed E-state index contributed by atoms with van der Waals surface area (Å²) in [5.74, 6) is 0.429. The number of hydrogen-bond acceptors (Lipinski definition) is 8. The standard InChI is InChI=1S/C25H25F3N2O6.C7H3Br2NO/c1-5-16-6-7-17(20(12-16)36-15(2)23(32)34-4)14-35-19-10-8-18(9-11-19)30-22(31)13-21(25(26,27)28)29(3)24(30)33;8-5-1-4(3-10)2-6(9)7(5)11/h6-13,15H,5,14H2,1-4H3;1-2,11H. The number of phenols is 1. The fourth-order valence-corrected chi connectivity index (χ4v) is 5.26. The minimum Gasteiger partial charge on any atom is -0.506 e. The van der Waals surface area contributed by atoms with Gasteiger partial charge >= 0.3 is 17.8 Å². The Morgan fingerprint density at radius 1 is 1.04 bits per heavy atom. The molecule has 3 aromatic carbocycles. The van der Waals surface area contributed by atoms with E-state index in [9.17, 15) is 32.7 Å². The molecule has 1 aromatic heterocycles. The number of carbonyl (C=O) groups excluding carboxylic acids is 1. The largest absolute Gasteiger partial charge is 0.506 e. The van der Waals surface area contributed by atoms with E-state index in [0.29, 0.717) is 46.8 Å². The Morgan fingerprint density at radius 3 is 2.19 bits per heavy atom. The van der Waals surface area contributed by atoms with Crippen LogP contribution in [0, 0.1) is 11.3 Å². The number of halogens is 5. The van der Waals surface area contributed by atoms with Crippen molar-refractivity contribution >= 4 is 37.8 Å². The van der Waals surface area contributed by atoms with Gasteiger partial charge in [0.15, 0.2) is 6.10 Å². The molecule has 0 saturated carbocycles. The molecule has 1 unspecified atom stereocenters. The lowest BCUT2D eigenvalue weighted by molar-refractivity contribution is -0.148. The fourth-order valence-electron chi connectivity index (χ4n) is 4.07. The highest BCUT2D eigenvalue weighted by molar-refractivity contribution is 9.11. The number of hydrogen-bond donors (Lipinski definition) is 1. The van der Waals surface area contributed by atoms with E-state index in [1.165, 1.54) is 31.4 Å². The summed E-state index contributed by atoms with van der Waals surface area (Å²) >= 11 is 6.21. The number of aromatic hydroxyl groups is 1. The Hall–Kier alpha value is -4.55. The van der Waals surface area contributed by atoms with Crippen LogP contribution in [0.4, 0.5) is 13.2 Å². The minimum absolute atomic E-state index is 0.0779. The maximum atomic E-state index is 13.1. The van der Waals surface area contributed by atoms with Gasteiger partial charge in [-0.05, 0) is 93.2 Å². The number of aryl methyl sites for hydroxylation is 1. The SMILES string of the molecule is CCc1ccc(COc2ccc(-n3c(=O)cc(C(F)(F)F)n(C)c3=O)cc2)c(OC(C)C(=O)OC)c1.N#Cc1cc(Br)c(O)c(Br)c1. The van der Waals surface area contributed by atoms with Gasteiger partial charge in [0.05, 0.1) is 33.4 Å². The second kappa shape index (κ2) is 15.8. The molecule has 0 saturated heterocycles. The van der Waals surface area contributed by atoms with Gasteiger partial charge in [-0.2, -0.15) is 18.4 Å². The second-order valence-electron chi connectivity index (χ2n) is 9.80. The van der Waals surface area contributed by atoms with Gasteiger partial charge in [0, 0.05) is 18.7 Å². The summed E-state index contributed by atoms with van der Waals surface area (Å²) in [7, 11) is 2.22. The van der Waals surface area contributed by atoms with Crippen molar-refractivity contribution in [3.05, 3.63) is 113 Å². The van der Waals surface area contributed by atoms with E-state index in [2.05, 4.69) is 31.9 Å². The Bertz CT molecular complexity index is 1890. The van der Waals surface area contributed by atoms with Crippen LogP contribution in [0.5, 0.6) is 17.2 Å². The molecule has 0 aliphatic heterocycles. The molecule has 4 aromatic rings. The van der Waals surface area contributed by atoms with Crippen LogP contribution in [0.2, 0.25) is 0 Å². The number of alkyl halides is 3. The average Bonchev–Trinajstić information content (AvgIpc) is 3.04. The van der Waals surface area contributed by atoms with Crippen LogP contribution in [0.1, 0.15) is 36.2 Å². The van der Waals surface area contributed by atoms with Crippen molar-refractivity contribution < 1.29 is 37.3 Å². The lowest BCUT2D eigenvalue weighted by atomic mass is 10.1. The number of aromatic nitrogens is 2. The van der Waals surface area contributed by atoms with Crippen molar-refractivity contribution in [1.29, 1.82) is 5.26 Å². The molecule has 1 heterocycles. The molecule has 10 nitrogen and oxygen atoms in total. The lowest BCUT2D eigenvalue weighted by Gasteiger charge is -2.17. The fraction of sp³-hybridized carbons (Fsp3) is 0.250. The van der Waals surface area contributed by atoms with Crippen LogP contribution >= 0.6 is 31.9 Å². The second-order valence-corrected chi connectivity index (χ2v) is 11.5. The third kappa shape index (κ3) is 9.26. The van der Waals surface area contributed by atoms with Crippen molar-refractivity contribution in [2.75, 3.05) is 7.11 Å². The molecule has 0 spiro atoms. The van der Waals surface area contributed by atoms with Crippen LogP contribution in [-0.2, 0) is 35.8 Å². The van der Waals surface area contributed by atoms with E-state index >= 15 is 0 Å². The highest BCUT2D eigenvalue weighted by Gasteiger charge is 2.35. The molecule has 0 radical (unpaired) electrons.